The maximum Gasteiger partial charge on any atom is 0.338 e. The van der Waals surface area contributed by atoms with Gasteiger partial charge in [-0.1, -0.05) is 6.92 Å². The molecule has 0 saturated heterocycles. The number of aromatic nitrogens is 1. The van der Waals surface area contributed by atoms with E-state index in [2.05, 4.69) is 21.2 Å². The summed E-state index contributed by atoms with van der Waals surface area (Å²) in [6.07, 6.45) is 2.75. The Hall–Kier alpha value is -1.60. The van der Waals surface area contributed by atoms with E-state index in [1.807, 2.05) is 24.6 Å². The van der Waals surface area contributed by atoms with Crippen LogP contribution in [-0.2, 0) is 6.54 Å². The first-order valence-corrected chi connectivity index (χ1v) is 8.04. The number of nitrogens with one attached hydrogen (secondary N) is 1. The topological polar surface area (TPSA) is 71.3 Å². The van der Waals surface area contributed by atoms with Crippen molar-refractivity contribution in [2.24, 2.45) is 0 Å². The molecule has 0 radical (unpaired) electrons. The smallest absolute Gasteiger partial charge is 0.338 e. The highest BCUT2D eigenvalue weighted by Gasteiger charge is 2.19. The van der Waals surface area contributed by atoms with Crippen molar-refractivity contribution in [2.45, 2.75) is 26.8 Å². The Bertz CT molecular complexity index is 690. The third-order valence-electron chi connectivity index (χ3n) is 2.87. The lowest BCUT2D eigenvalue weighted by atomic mass is 10.3. The van der Waals surface area contributed by atoms with E-state index in [1.54, 1.807) is 12.1 Å². The van der Waals surface area contributed by atoms with Gasteiger partial charge < -0.3 is 15.0 Å². The first-order valence-electron chi connectivity index (χ1n) is 6.43. The van der Waals surface area contributed by atoms with Crippen LogP contribution in [0.1, 0.15) is 39.1 Å². The van der Waals surface area contributed by atoms with Gasteiger partial charge in [-0.3, -0.25) is 4.79 Å². The van der Waals surface area contributed by atoms with E-state index in [1.165, 1.54) is 11.3 Å². The molecule has 0 aliphatic rings. The van der Waals surface area contributed by atoms with Crippen LogP contribution in [0.5, 0.6) is 0 Å². The number of carboxylic acid groups (broad SMARTS) is 1. The second-order valence-corrected chi connectivity index (χ2v) is 6.77. The fourth-order valence-corrected chi connectivity index (χ4v) is 3.39. The maximum absolute atomic E-state index is 12.4. The summed E-state index contributed by atoms with van der Waals surface area (Å²) in [6.45, 7) is 4.56. The second kappa shape index (κ2) is 6.44. The van der Waals surface area contributed by atoms with Crippen molar-refractivity contribution < 1.29 is 14.7 Å². The minimum Gasteiger partial charge on any atom is -0.478 e. The average molecular weight is 371 g/mol. The van der Waals surface area contributed by atoms with Crippen LogP contribution in [0.25, 0.3) is 0 Å². The van der Waals surface area contributed by atoms with Crippen LogP contribution in [0, 0.1) is 6.92 Å². The lowest BCUT2D eigenvalue weighted by molar-refractivity contribution is 0.0698. The third-order valence-corrected chi connectivity index (χ3v) is 4.27. The molecule has 0 fully saturated rings. The van der Waals surface area contributed by atoms with Crippen molar-refractivity contribution in [3.05, 3.63) is 38.9 Å². The second-order valence-electron chi connectivity index (χ2n) is 4.60. The van der Waals surface area contributed by atoms with Crippen molar-refractivity contribution in [3.8, 4) is 0 Å². The van der Waals surface area contributed by atoms with Gasteiger partial charge in [-0.15, -0.1) is 11.3 Å². The van der Waals surface area contributed by atoms with E-state index >= 15 is 0 Å². The summed E-state index contributed by atoms with van der Waals surface area (Å²) in [4.78, 5) is 24.4. The lowest BCUT2D eigenvalue weighted by Gasteiger charge is -2.08. The fourth-order valence-electron chi connectivity index (χ4n) is 2.02. The molecule has 0 saturated carbocycles. The Morgan fingerprint density at radius 2 is 2.14 bits per heavy atom. The SMILES string of the molecule is CCCn1cc(Br)cc1C(=O)Nc1sc(C)cc1C(=O)O. The van der Waals surface area contributed by atoms with Crippen LogP contribution >= 0.6 is 27.3 Å². The molecule has 2 N–H and O–H groups in total. The highest BCUT2D eigenvalue weighted by atomic mass is 79.9. The number of aromatic carboxylic acids is 1. The number of thiophene rings is 1. The van der Waals surface area contributed by atoms with Gasteiger partial charge in [0.15, 0.2) is 0 Å². The van der Waals surface area contributed by atoms with Crippen molar-refractivity contribution >= 4 is 44.1 Å². The zero-order valence-corrected chi connectivity index (χ0v) is 14.0. The Labute approximate surface area is 134 Å². The predicted octanol–water partition coefficient (Wildman–Crippen LogP) is 3.98. The summed E-state index contributed by atoms with van der Waals surface area (Å²) < 4.78 is 2.67. The summed E-state index contributed by atoms with van der Waals surface area (Å²) in [7, 11) is 0. The van der Waals surface area contributed by atoms with Crippen molar-refractivity contribution in [1.82, 2.24) is 4.57 Å². The zero-order chi connectivity index (χ0) is 15.6. The molecule has 0 unspecified atom stereocenters. The summed E-state index contributed by atoms with van der Waals surface area (Å²) in [5.41, 5.74) is 0.629. The molecule has 2 heterocycles. The molecule has 0 bridgehead atoms. The molecule has 112 valence electrons. The molecule has 1 amide bonds. The number of hydrogen-bond donors (Lipinski definition) is 2. The Kier molecular flexibility index (Phi) is 4.84. The molecule has 0 atom stereocenters. The number of carbonyl (C=O) groups excluding carboxylic acids is 1. The van der Waals surface area contributed by atoms with Crippen molar-refractivity contribution in [2.75, 3.05) is 5.32 Å². The number of amides is 1. The number of nitrogens with zero attached hydrogens (tertiary/aromatic N) is 1. The molecule has 0 aliphatic carbocycles. The summed E-state index contributed by atoms with van der Waals surface area (Å²) in [5.74, 6) is -1.35. The number of carbonyl (C=O) groups is 2. The third kappa shape index (κ3) is 3.54. The quantitative estimate of drug-likeness (QED) is 0.835. The summed E-state index contributed by atoms with van der Waals surface area (Å²) in [6, 6.07) is 3.29. The molecule has 0 spiro atoms. The van der Waals surface area contributed by atoms with Crippen LogP contribution in [0.15, 0.2) is 22.8 Å². The first kappa shape index (κ1) is 15.8. The highest BCUT2D eigenvalue weighted by Crippen LogP contribution is 2.28. The van der Waals surface area contributed by atoms with Crippen molar-refractivity contribution in [3.63, 3.8) is 0 Å². The lowest BCUT2D eigenvalue weighted by Crippen LogP contribution is -2.17. The largest absolute Gasteiger partial charge is 0.478 e. The van der Waals surface area contributed by atoms with Gasteiger partial charge >= 0.3 is 5.97 Å². The molecule has 2 aromatic rings. The molecule has 0 aliphatic heterocycles. The number of carboxylic acids is 1. The molecular formula is C14H15BrN2O3S. The van der Waals surface area contributed by atoms with E-state index in [4.69, 9.17) is 5.11 Å². The van der Waals surface area contributed by atoms with Gasteiger partial charge in [-0.25, -0.2) is 4.79 Å². The van der Waals surface area contributed by atoms with E-state index in [9.17, 15) is 9.59 Å². The van der Waals surface area contributed by atoms with Gasteiger partial charge in [0.05, 0.1) is 5.56 Å². The number of halogens is 1. The molecule has 5 nitrogen and oxygen atoms in total. The van der Waals surface area contributed by atoms with Crippen LogP contribution in [0.4, 0.5) is 5.00 Å². The molecule has 2 rings (SSSR count). The van der Waals surface area contributed by atoms with Crippen LogP contribution in [0.2, 0.25) is 0 Å². The molecule has 2 aromatic heterocycles. The van der Waals surface area contributed by atoms with Crippen molar-refractivity contribution in [1.29, 1.82) is 0 Å². The van der Waals surface area contributed by atoms with E-state index in [0.29, 0.717) is 10.7 Å². The van der Waals surface area contributed by atoms with Gasteiger partial charge in [0.25, 0.3) is 5.91 Å². The predicted molar refractivity (Wildman–Crippen MR) is 86.4 cm³/mol. The molecule has 0 aromatic carbocycles. The molecule has 7 heteroatoms. The zero-order valence-electron chi connectivity index (χ0n) is 11.6. The van der Waals surface area contributed by atoms with E-state index in [-0.39, 0.29) is 11.5 Å². The first-order chi connectivity index (χ1) is 9.92. The standard InChI is InChI=1S/C14H15BrN2O3S/c1-3-4-17-7-9(15)6-11(17)12(18)16-13-10(14(19)20)5-8(2)21-13/h5-7H,3-4H2,1-2H3,(H,16,18)(H,19,20). The number of hydrogen-bond acceptors (Lipinski definition) is 3. The van der Waals surface area contributed by atoms with E-state index < -0.39 is 5.97 Å². The average Bonchev–Trinajstić information content (AvgIpc) is 2.93. The van der Waals surface area contributed by atoms with Gasteiger partial charge in [-0.05, 0) is 41.4 Å². The van der Waals surface area contributed by atoms with Crippen LogP contribution < -0.4 is 5.32 Å². The summed E-state index contributed by atoms with van der Waals surface area (Å²) >= 11 is 4.61. The van der Waals surface area contributed by atoms with Gasteiger partial charge in [0.2, 0.25) is 0 Å². The highest BCUT2D eigenvalue weighted by molar-refractivity contribution is 9.10. The van der Waals surface area contributed by atoms with Gasteiger partial charge in [0, 0.05) is 22.1 Å². The number of anilines is 1. The normalized spacial score (nSPS) is 10.6. The fraction of sp³-hybridized carbons (Fsp3) is 0.286. The van der Waals surface area contributed by atoms with Crippen LogP contribution in [0.3, 0.4) is 0 Å². The Morgan fingerprint density at radius 1 is 1.43 bits per heavy atom. The minimum absolute atomic E-state index is 0.124. The monoisotopic (exact) mass is 370 g/mol. The van der Waals surface area contributed by atoms with Gasteiger partial charge in [-0.2, -0.15) is 0 Å². The van der Waals surface area contributed by atoms with Gasteiger partial charge in [0.1, 0.15) is 10.7 Å². The molecule has 21 heavy (non-hydrogen) atoms. The Balaban J connectivity index is 2.28. The van der Waals surface area contributed by atoms with E-state index in [0.717, 1.165) is 22.3 Å². The van der Waals surface area contributed by atoms with Crippen LogP contribution in [-0.4, -0.2) is 21.6 Å². The number of rotatable bonds is 5. The number of aryl methyl sites for hydroxylation is 2. The maximum atomic E-state index is 12.4. The Morgan fingerprint density at radius 3 is 2.76 bits per heavy atom. The summed E-state index contributed by atoms with van der Waals surface area (Å²) in [5, 5.41) is 12.2. The minimum atomic E-state index is -1.04. The molecular weight excluding hydrogens is 356 g/mol.